The maximum atomic E-state index is 12.2. The van der Waals surface area contributed by atoms with E-state index in [1.165, 1.54) is 38.4 Å². The van der Waals surface area contributed by atoms with Crippen molar-refractivity contribution < 1.29 is 22.5 Å². The van der Waals surface area contributed by atoms with E-state index in [1.807, 2.05) is 6.07 Å². The standard InChI is InChI=1S/C19H20N4O5S/c1-23(2)29(25,26)16-8-3-6-14(12-16)19(24)27-11-5-9-17-21-18(22-28-17)15-7-4-10-20-13-15/h3-4,6-8,10,12-13H,5,9,11H2,1-2H3. The minimum Gasteiger partial charge on any atom is -0.462 e. The molecule has 29 heavy (non-hydrogen) atoms. The van der Waals surface area contributed by atoms with Crippen molar-refractivity contribution in [3.05, 3.63) is 60.2 Å². The zero-order valence-electron chi connectivity index (χ0n) is 16.0. The summed E-state index contributed by atoms with van der Waals surface area (Å²) in [4.78, 5) is 20.5. The third-order valence-electron chi connectivity index (χ3n) is 4.00. The van der Waals surface area contributed by atoms with Gasteiger partial charge in [-0.2, -0.15) is 4.98 Å². The molecule has 152 valence electrons. The number of aryl methyl sites for hydroxylation is 1. The van der Waals surface area contributed by atoms with E-state index in [0.29, 0.717) is 24.6 Å². The topological polar surface area (TPSA) is 115 Å². The molecule has 9 nitrogen and oxygen atoms in total. The Bertz CT molecular complexity index is 1080. The highest BCUT2D eigenvalue weighted by Crippen LogP contribution is 2.16. The lowest BCUT2D eigenvalue weighted by molar-refractivity contribution is 0.0498. The Balaban J connectivity index is 1.53. The zero-order chi connectivity index (χ0) is 20.9. The van der Waals surface area contributed by atoms with Crippen molar-refractivity contribution in [2.45, 2.75) is 17.7 Å². The molecule has 2 heterocycles. The van der Waals surface area contributed by atoms with Crippen LogP contribution in [-0.2, 0) is 21.2 Å². The van der Waals surface area contributed by atoms with E-state index in [-0.39, 0.29) is 17.1 Å². The number of esters is 1. The van der Waals surface area contributed by atoms with E-state index in [2.05, 4.69) is 15.1 Å². The Morgan fingerprint density at radius 3 is 2.76 bits per heavy atom. The lowest BCUT2D eigenvalue weighted by Gasteiger charge is -2.12. The molecule has 3 aromatic rings. The van der Waals surface area contributed by atoms with E-state index in [4.69, 9.17) is 9.26 Å². The van der Waals surface area contributed by atoms with Gasteiger partial charge in [-0.05, 0) is 36.8 Å². The monoisotopic (exact) mass is 416 g/mol. The van der Waals surface area contributed by atoms with Crippen LogP contribution in [-0.4, -0.2) is 54.5 Å². The van der Waals surface area contributed by atoms with Gasteiger partial charge in [-0.25, -0.2) is 17.5 Å². The van der Waals surface area contributed by atoms with Crippen molar-refractivity contribution in [1.29, 1.82) is 0 Å². The summed E-state index contributed by atoms with van der Waals surface area (Å²) in [5.74, 6) is 0.283. The zero-order valence-corrected chi connectivity index (χ0v) is 16.8. The molecule has 0 fully saturated rings. The quantitative estimate of drug-likeness (QED) is 0.405. The summed E-state index contributed by atoms with van der Waals surface area (Å²) in [6.45, 7) is 0.133. The summed E-state index contributed by atoms with van der Waals surface area (Å²) in [7, 11) is -0.765. The Morgan fingerprint density at radius 2 is 2.03 bits per heavy atom. The fraction of sp³-hybridized carbons (Fsp3) is 0.263. The second-order valence-electron chi connectivity index (χ2n) is 6.31. The second-order valence-corrected chi connectivity index (χ2v) is 8.46. The first-order valence-electron chi connectivity index (χ1n) is 8.80. The molecule has 0 aliphatic rings. The van der Waals surface area contributed by atoms with Crippen molar-refractivity contribution in [2.75, 3.05) is 20.7 Å². The van der Waals surface area contributed by atoms with Crippen LogP contribution in [0.15, 0.2) is 58.2 Å². The first-order chi connectivity index (χ1) is 13.9. The van der Waals surface area contributed by atoms with Gasteiger partial charge >= 0.3 is 5.97 Å². The minimum absolute atomic E-state index is 0.0331. The molecule has 0 atom stereocenters. The number of hydrogen-bond donors (Lipinski definition) is 0. The molecule has 1 aromatic carbocycles. The van der Waals surface area contributed by atoms with Crippen LogP contribution in [0.3, 0.4) is 0 Å². The number of ether oxygens (including phenoxy) is 1. The molecule has 2 aromatic heterocycles. The lowest BCUT2D eigenvalue weighted by atomic mass is 10.2. The number of sulfonamides is 1. The molecular weight excluding hydrogens is 396 g/mol. The van der Waals surface area contributed by atoms with E-state index in [1.54, 1.807) is 18.5 Å². The average Bonchev–Trinajstić information content (AvgIpc) is 3.20. The molecule has 0 spiro atoms. The minimum atomic E-state index is -3.62. The predicted octanol–water partition coefficient (Wildman–Crippen LogP) is 2.17. The molecule has 10 heteroatoms. The van der Waals surface area contributed by atoms with Gasteiger partial charge in [0.25, 0.3) is 0 Å². The van der Waals surface area contributed by atoms with Gasteiger partial charge in [-0.1, -0.05) is 11.2 Å². The third-order valence-corrected chi connectivity index (χ3v) is 5.82. The van der Waals surface area contributed by atoms with Gasteiger partial charge in [0.1, 0.15) is 0 Å². The molecule has 3 rings (SSSR count). The van der Waals surface area contributed by atoms with Crippen LogP contribution in [0, 0.1) is 0 Å². The van der Waals surface area contributed by atoms with E-state index >= 15 is 0 Å². The predicted molar refractivity (Wildman–Crippen MR) is 103 cm³/mol. The highest BCUT2D eigenvalue weighted by molar-refractivity contribution is 7.89. The summed E-state index contributed by atoms with van der Waals surface area (Å²) < 4.78 is 35.8. The van der Waals surface area contributed by atoms with Crippen LogP contribution < -0.4 is 0 Å². The average molecular weight is 416 g/mol. The Labute approximate surface area is 168 Å². The van der Waals surface area contributed by atoms with Gasteiger partial charge in [0.15, 0.2) is 0 Å². The molecule has 0 N–H and O–H groups in total. The fourth-order valence-corrected chi connectivity index (χ4v) is 3.38. The van der Waals surface area contributed by atoms with Crippen molar-refractivity contribution in [3.63, 3.8) is 0 Å². The normalized spacial score (nSPS) is 11.6. The molecular formula is C19H20N4O5S. The summed E-state index contributed by atoms with van der Waals surface area (Å²) in [6.07, 6.45) is 4.22. The molecule has 0 radical (unpaired) electrons. The number of nitrogens with zero attached hydrogens (tertiary/aromatic N) is 4. The Hall–Kier alpha value is -3.11. The fourth-order valence-electron chi connectivity index (χ4n) is 2.43. The first kappa shape index (κ1) is 20.6. The number of pyridine rings is 1. The lowest BCUT2D eigenvalue weighted by Crippen LogP contribution is -2.22. The molecule has 0 aliphatic carbocycles. The van der Waals surface area contributed by atoms with E-state index in [0.717, 1.165) is 9.87 Å². The van der Waals surface area contributed by atoms with Crippen LogP contribution in [0.2, 0.25) is 0 Å². The van der Waals surface area contributed by atoms with Crippen LogP contribution in [0.1, 0.15) is 22.7 Å². The van der Waals surface area contributed by atoms with E-state index in [9.17, 15) is 13.2 Å². The summed E-state index contributed by atoms with van der Waals surface area (Å²) in [5, 5.41) is 3.90. The third kappa shape index (κ3) is 5.04. The second kappa shape index (κ2) is 8.93. The molecule has 0 amide bonds. The smallest absolute Gasteiger partial charge is 0.338 e. The summed E-state index contributed by atoms with van der Waals surface area (Å²) in [5.41, 5.74) is 0.922. The maximum absolute atomic E-state index is 12.2. The molecule has 0 saturated carbocycles. The van der Waals surface area contributed by atoms with Crippen LogP contribution in [0.5, 0.6) is 0 Å². The van der Waals surface area contributed by atoms with Crippen molar-refractivity contribution >= 4 is 16.0 Å². The van der Waals surface area contributed by atoms with Gasteiger partial charge < -0.3 is 9.26 Å². The van der Waals surface area contributed by atoms with Crippen LogP contribution >= 0.6 is 0 Å². The number of benzene rings is 1. The maximum Gasteiger partial charge on any atom is 0.338 e. The van der Waals surface area contributed by atoms with E-state index < -0.39 is 16.0 Å². The number of aromatic nitrogens is 3. The van der Waals surface area contributed by atoms with Crippen molar-refractivity contribution in [2.24, 2.45) is 0 Å². The van der Waals surface area contributed by atoms with Crippen molar-refractivity contribution in [3.8, 4) is 11.4 Å². The highest BCUT2D eigenvalue weighted by Gasteiger charge is 2.19. The van der Waals surface area contributed by atoms with Gasteiger partial charge in [0.2, 0.25) is 21.7 Å². The number of rotatable bonds is 8. The SMILES string of the molecule is CN(C)S(=O)(=O)c1cccc(C(=O)OCCCc2nc(-c3cccnc3)no2)c1. The number of carbonyl (C=O) groups excluding carboxylic acids is 1. The number of hydrogen-bond acceptors (Lipinski definition) is 8. The largest absolute Gasteiger partial charge is 0.462 e. The first-order valence-corrected chi connectivity index (χ1v) is 10.2. The molecule has 0 saturated heterocycles. The molecule has 0 aliphatic heterocycles. The highest BCUT2D eigenvalue weighted by atomic mass is 32.2. The molecule has 0 unspecified atom stereocenters. The van der Waals surface area contributed by atoms with Gasteiger partial charge in [0, 0.05) is 38.5 Å². The van der Waals surface area contributed by atoms with Crippen LogP contribution in [0.4, 0.5) is 0 Å². The van der Waals surface area contributed by atoms with Crippen molar-refractivity contribution in [1.82, 2.24) is 19.4 Å². The summed E-state index contributed by atoms with van der Waals surface area (Å²) >= 11 is 0. The molecule has 0 bridgehead atoms. The van der Waals surface area contributed by atoms with Gasteiger partial charge in [-0.3, -0.25) is 4.98 Å². The number of carbonyl (C=O) groups is 1. The summed E-state index contributed by atoms with van der Waals surface area (Å²) in [6, 6.07) is 9.36. The Morgan fingerprint density at radius 1 is 1.21 bits per heavy atom. The van der Waals surface area contributed by atoms with Gasteiger partial charge in [-0.15, -0.1) is 0 Å². The van der Waals surface area contributed by atoms with Crippen LogP contribution in [0.25, 0.3) is 11.4 Å². The Kier molecular flexibility index (Phi) is 6.35. The van der Waals surface area contributed by atoms with Gasteiger partial charge in [0.05, 0.1) is 17.1 Å².